The van der Waals surface area contributed by atoms with Gasteiger partial charge in [-0.25, -0.2) is 4.79 Å². The maximum Gasteiger partial charge on any atom is 0.321 e. The minimum atomic E-state index is -0.0297. The van der Waals surface area contributed by atoms with Gasteiger partial charge < -0.3 is 20.9 Å². The second-order valence-corrected chi connectivity index (χ2v) is 10.4. The average Bonchev–Trinajstić information content (AvgIpc) is 2.58. The number of hydrogen-bond acceptors (Lipinski definition) is 3. The third-order valence-electron chi connectivity index (χ3n) is 7.79. The van der Waals surface area contributed by atoms with Gasteiger partial charge >= 0.3 is 6.03 Å². The molecule has 1 aliphatic heterocycles. The van der Waals surface area contributed by atoms with Crippen LogP contribution in [0.4, 0.5) is 16.2 Å². The number of nitrogens with zero attached hydrogens (tertiary/aromatic N) is 2. The number of rotatable bonds is 5. The van der Waals surface area contributed by atoms with Crippen LogP contribution in [-0.2, 0) is 0 Å². The van der Waals surface area contributed by atoms with E-state index in [2.05, 4.69) is 17.3 Å². The quantitative estimate of drug-likeness (QED) is 0.760. The topological polar surface area (TPSA) is 61.6 Å². The lowest BCUT2D eigenvalue weighted by molar-refractivity contribution is -0.0692. The number of nitrogens with two attached hydrogens (primary N) is 1. The SMILES string of the molecule is CN(CC1CN(C(=O)Nc2ccccc2N)C1)CC12CC3CC(CC(C3)C1)C2. The highest BCUT2D eigenvalue weighted by Crippen LogP contribution is 2.60. The van der Waals surface area contributed by atoms with Crippen LogP contribution in [0.1, 0.15) is 38.5 Å². The molecule has 0 spiro atoms. The van der Waals surface area contributed by atoms with Crippen LogP contribution in [0.5, 0.6) is 0 Å². The summed E-state index contributed by atoms with van der Waals surface area (Å²) in [5, 5.41) is 2.94. The monoisotopic (exact) mass is 382 g/mol. The molecule has 5 nitrogen and oxygen atoms in total. The summed E-state index contributed by atoms with van der Waals surface area (Å²) in [7, 11) is 2.30. The predicted octanol–water partition coefficient (Wildman–Crippen LogP) is 3.88. The van der Waals surface area contributed by atoms with Gasteiger partial charge in [0.2, 0.25) is 0 Å². The second kappa shape index (κ2) is 6.94. The van der Waals surface area contributed by atoms with E-state index in [-0.39, 0.29) is 6.03 Å². The van der Waals surface area contributed by atoms with E-state index < -0.39 is 0 Å². The molecule has 4 aliphatic carbocycles. The molecule has 0 unspecified atom stereocenters. The smallest absolute Gasteiger partial charge is 0.321 e. The first kappa shape index (κ1) is 18.3. The number of likely N-dealkylation sites (tertiary alicyclic amines) is 1. The van der Waals surface area contributed by atoms with Crippen molar-refractivity contribution in [3.63, 3.8) is 0 Å². The molecule has 152 valence electrons. The summed E-state index contributed by atoms with van der Waals surface area (Å²) < 4.78 is 0. The lowest BCUT2D eigenvalue weighted by atomic mass is 9.49. The molecule has 28 heavy (non-hydrogen) atoms. The Kier molecular flexibility index (Phi) is 4.53. The van der Waals surface area contributed by atoms with Gasteiger partial charge in [-0.15, -0.1) is 0 Å². The number of benzene rings is 1. The summed E-state index contributed by atoms with van der Waals surface area (Å²) in [6.45, 7) is 4.08. The zero-order chi connectivity index (χ0) is 19.3. The number of nitrogen functional groups attached to an aromatic ring is 1. The number of anilines is 2. The number of para-hydroxylation sites is 2. The zero-order valence-electron chi connectivity index (χ0n) is 17.1. The van der Waals surface area contributed by atoms with Gasteiger partial charge in [0.15, 0.2) is 0 Å². The first-order chi connectivity index (χ1) is 13.5. The Morgan fingerprint density at radius 1 is 1.14 bits per heavy atom. The lowest BCUT2D eigenvalue weighted by Gasteiger charge is -2.58. The standard InChI is InChI=1S/C23H34N4O/c1-26(15-23-9-16-6-17(10-23)8-18(7-16)11-23)12-19-13-27(14-19)22(28)25-21-5-3-2-4-20(21)24/h2-5,16-19H,6-15,24H2,1H3,(H,25,28). The van der Waals surface area contributed by atoms with Crippen molar-refractivity contribution in [3.8, 4) is 0 Å². The lowest BCUT2D eigenvalue weighted by Crippen LogP contribution is -2.56. The van der Waals surface area contributed by atoms with Crippen LogP contribution < -0.4 is 11.1 Å². The van der Waals surface area contributed by atoms with Crippen LogP contribution in [0.3, 0.4) is 0 Å². The molecule has 5 heteroatoms. The molecule has 0 aromatic heterocycles. The molecule has 1 aromatic rings. The molecule has 1 saturated heterocycles. The van der Waals surface area contributed by atoms with Gasteiger partial charge in [-0.1, -0.05) is 12.1 Å². The highest BCUT2D eigenvalue weighted by Gasteiger charge is 2.51. The predicted molar refractivity (Wildman–Crippen MR) is 113 cm³/mol. The van der Waals surface area contributed by atoms with Crippen molar-refractivity contribution in [1.82, 2.24) is 9.80 Å². The number of urea groups is 1. The fraction of sp³-hybridized carbons (Fsp3) is 0.696. The van der Waals surface area contributed by atoms with Crippen LogP contribution in [0, 0.1) is 29.1 Å². The van der Waals surface area contributed by atoms with Gasteiger partial charge in [-0.2, -0.15) is 0 Å². The van der Waals surface area contributed by atoms with E-state index >= 15 is 0 Å². The van der Waals surface area contributed by atoms with Crippen LogP contribution in [0.2, 0.25) is 0 Å². The van der Waals surface area contributed by atoms with Crippen LogP contribution in [0.25, 0.3) is 0 Å². The van der Waals surface area contributed by atoms with Crippen molar-refractivity contribution >= 4 is 17.4 Å². The van der Waals surface area contributed by atoms with Gasteiger partial charge in [-0.05, 0) is 80.9 Å². The second-order valence-electron chi connectivity index (χ2n) is 10.4. The third-order valence-corrected chi connectivity index (χ3v) is 7.79. The molecule has 4 saturated carbocycles. The maximum absolute atomic E-state index is 12.4. The maximum atomic E-state index is 12.4. The Labute approximate surface area is 168 Å². The van der Waals surface area contributed by atoms with Crippen molar-refractivity contribution in [3.05, 3.63) is 24.3 Å². The van der Waals surface area contributed by atoms with E-state index in [9.17, 15) is 4.79 Å². The molecular weight excluding hydrogens is 348 g/mol. The van der Waals surface area contributed by atoms with Gasteiger partial charge in [0, 0.05) is 32.1 Å². The molecule has 0 atom stereocenters. The van der Waals surface area contributed by atoms with Crippen molar-refractivity contribution in [2.24, 2.45) is 29.1 Å². The van der Waals surface area contributed by atoms with E-state index in [0.717, 1.165) is 37.4 Å². The molecule has 4 bridgehead atoms. The fourth-order valence-electron chi connectivity index (χ4n) is 7.22. The molecular formula is C23H34N4O. The van der Waals surface area contributed by atoms with E-state index in [1.165, 1.54) is 45.1 Å². The molecule has 2 amide bonds. The van der Waals surface area contributed by atoms with Gasteiger partial charge in [0.25, 0.3) is 0 Å². The molecule has 3 N–H and O–H groups in total. The summed E-state index contributed by atoms with van der Waals surface area (Å²) in [6, 6.07) is 7.41. The molecule has 1 aromatic carbocycles. The molecule has 6 rings (SSSR count). The molecule has 1 heterocycles. The molecule has 0 radical (unpaired) electrons. The Hall–Kier alpha value is -1.75. The Morgan fingerprint density at radius 3 is 2.36 bits per heavy atom. The Balaban J connectivity index is 1.09. The van der Waals surface area contributed by atoms with E-state index in [0.29, 0.717) is 22.7 Å². The largest absolute Gasteiger partial charge is 0.397 e. The number of carbonyl (C=O) groups excluding carboxylic acids is 1. The van der Waals surface area contributed by atoms with Crippen molar-refractivity contribution in [2.75, 3.05) is 44.3 Å². The van der Waals surface area contributed by atoms with Gasteiger partial charge in [0.1, 0.15) is 0 Å². The normalized spacial score (nSPS) is 33.9. The fourth-order valence-corrected chi connectivity index (χ4v) is 7.22. The molecule has 5 aliphatic rings. The summed E-state index contributed by atoms with van der Waals surface area (Å²) in [5.41, 5.74) is 7.85. The summed E-state index contributed by atoms with van der Waals surface area (Å²) in [6.07, 6.45) is 8.97. The number of amides is 2. The minimum Gasteiger partial charge on any atom is -0.397 e. The highest BCUT2D eigenvalue weighted by molar-refractivity contribution is 5.93. The summed E-state index contributed by atoms with van der Waals surface area (Å²) in [4.78, 5) is 16.9. The van der Waals surface area contributed by atoms with E-state index in [4.69, 9.17) is 5.73 Å². The number of carbonyl (C=O) groups is 1. The van der Waals surface area contributed by atoms with Crippen LogP contribution >= 0.6 is 0 Å². The highest BCUT2D eigenvalue weighted by atomic mass is 16.2. The van der Waals surface area contributed by atoms with Crippen molar-refractivity contribution < 1.29 is 4.79 Å². The Morgan fingerprint density at radius 2 is 1.75 bits per heavy atom. The van der Waals surface area contributed by atoms with Crippen molar-refractivity contribution in [1.29, 1.82) is 0 Å². The van der Waals surface area contributed by atoms with E-state index in [1.54, 1.807) is 0 Å². The minimum absolute atomic E-state index is 0.0297. The Bertz CT molecular complexity index is 707. The van der Waals surface area contributed by atoms with Gasteiger partial charge in [0.05, 0.1) is 11.4 Å². The van der Waals surface area contributed by atoms with Crippen molar-refractivity contribution in [2.45, 2.75) is 38.5 Å². The molecule has 5 fully saturated rings. The van der Waals surface area contributed by atoms with Gasteiger partial charge in [-0.3, -0.25) is 0 Å². The van der Waals surface area contributed by atoms with Crippen LogP contribution in [0.15, 0.2) is 24.3 Å². The number of hydrogen-bond donors (Lipinski definition) is 2. The zero-order valence-corrected chi connectivity index (χ0v) is 17.1. The first-order valence-corrected chi connectivity index (χ1v) is 11.1. The summed E-state index contributed by atoms with van der Waals surface area (Å²) in [5.74, 6) is 3.66. The number of nitrogens with one attached hydrogen (secondary N) is 1. The average molecular weight is 383 g/mol. The third kappa shape index (κ3) is 3.49. The first-order valence-electron chi connectivity index (χ1n) is 11.1. The summed E-state index contributed by atoms with van der Waals surface area (Å²) >= 11 is 0. The van der Waals surface area contributed by atoms with E-state index in [1.807, 2.05) is 29.2 Å². The van der Waals surface area contributed by atoms with Crippen LogP contribution in [-0.4, -0.2) is 49.1 Å².